The van der Waals surface area contributed by atoms with Gasteiger partial charge in [0.2, 0.25) is 0 Å². The predicted molar refractivity (Wildman–Crippen MR) is 69.3 cm³/mol. The molecule has 19 heavy (non-hydrogen) atoms. The molecule has 0 amide bonds. The fourth-order valence-corrected chi connectivity index (χ4v) is 1.91. The lowest BCUT2D eigenvalue weighted by Crippen LogP contribution is -1.97. The maximum absolute atomic E-state index is 10.5. The number of para-hydroxylation sites is 1. The first-order valence-electron chi connectivity index (χ1n) is 5.61. The highest BCUT2D eigenvalue weighted by Gasteiger charge is 2.14. The summed E-state index contributed by atoms with van der Waals surface area (Å²) in [5.41, 5.74) is 0.694. The molecule has 7 heteroatoms. The number of ether oxygens (including phenoxy) is 1. The third kappa shape index (κ3) is 3.47. The summed E-state index contributed by atoms with van der Waals surface area (Å²) in [6, 6.07) is 7.31. The van der Waals surface area contributed by atoms with Crippen molar-refractivity contribution in [3.05, 3.63) is 24.3 Å². The maximum Gasteiger partial charge on any atom is 0.314 e. The molecule has 1 aromatic heterocycles. The summed E-state index contributed by atoms with van der Waals surface area (Å²) in [5, 5.41) is 16.5. The van der Waals surface area contributed by atoms with E-state index in [4.69, 9.17) is 14.3 Å². The highest BCUT2D eigenvalue weighted by atomic mass is 32.2. The van der Waals surface area contributed by atoms with Gasteiger partial charge in [0.25, 0.3) is 11.1 Å². The zero-order chi connectivity index (χ0) is 13.7. The number of rotatable bonds is 6. The van der Waals surface area contributed by atoms with E-state index in [1.54, 1.807) is 0 Å². The number of carboxylic acids is 1. The Bertz CT molecular complexity index is 570. The molecule has 2 aromatic rings. The molecule has 100 valence electrons. The molecule has 0 saturated heterocycles. The van der Waals surface area contributed by atoms with Crippen LogP contribution < -0.4 is 4.74 Å². The van der Waals surface area contributed by atoms with Gasteiger partial charge in [0, 0.05) is 0 Å². The Balaban J connectivity index is 2.20. The summed E-state index contributed by atoms with van der Waals surface area (Å²) < 4.78 is 10.9. The minimum Gasteiger partial charge on any atom is -0.493 e. The molecule has 0 spiro atoms. The number of hydrogen-bond donors (Lipinski definition) is 1. The Labute approximate surface area is 113 Å². The lowest BCUT2D eigenvalue weighted by Gasteiger charge is -2.05. The zero-order valence-corrected chi connectivity index (χ0v) is 11.0. The highest BCUT2D eigenvalue weighted by molar-refractivity contribution is 7.99. The van der Waals surface area contributed by atoms with Gasteiger partial charge in [0.05, 0.1) is 12.2 Å². The molecular formula is C12H12N2O4S. The molecule has 1 N–H and O–H groups in total. The Morgan fingerprint density at radius 2 is 2.21 bits per heavy atom. The lowest BCUT2D eigenvalue weighted by molar-refractivity contribution is -0.133. The van der Waals surface area contributed by atoms with Crippen molar-refractivity contribution in [3.8, 4) is 17.2 Å². The van der Waals surface area contributed by atoms with Crippen molar-refractivity contribution in [2.75, 3.05) is 12.4 Å². The summed E-state index contributed by atoms with van der Waals surface area (Å²) in [7, 11) is 0. The van der Waals surface area contributed by atoms with E-state index in [1.807, 2.05) is 31.2 Å². The van der Waals surface area contributed by atoms with E-state index in [0.717, 1.165) is 11.8 Å². The van der Waals surface area contributed by atoms with Gasteiger partial charge in [-0.2, -0.15) is 0 Å². The quantitative estimate of drug-likeness (QED) is 0.812. The van der Waals surface area contributed by atoms with Crippen LogP contribution in [0.2, 0.25) is 0 Å². The predicted octanol–water partition coefficient (Wildman–Crippen LogP) is 2.31. The van der Waals surface area contributed by atoms with Gasteiger partial charge in [-0.1, -0.05) is 23.9 Å². The Hall–Kier alpha value is -2.02. The van der Waals surface area contributed by atoms with Crippen LogP contribution in [-0.4, -0.2) is 33.6 Å². The number of hydrogen-bond acceptors (Lipinski definition) is 6. The van der Waals surface area contributed by atoms with Crippen LogP contribution in [0.25, 0.3) is 11.5 Å². The summed E-state index contributed by atoms with van der Waals surface area (Å²) in [6.07, 6.45) is 0. The van der Waals surface area contributed by atoms with Crippen molar-refractivity contribution in [1.82, 2.24) is 10.2 Å². The molecule has 1 heterocycles. The SMILES string of the molecule is CCOc1ccccc1-c1nnc(SCC(=O)O)o1. The van der Waals surface area contributed by atoms with Crippen LogP contribution in [0, 0.1) is 0 Å². The molecule has 2 rings (SSSR count). The average Bonchev–Trinajstić information content (AvgIpc) is 2.86. The first-order chi connectivity index (χ1) is 9.20. The van der Waals surface area contributed by atoms with Crippen LogP contribution >= 0.6 is 11.8 Å². The summed E-state index contributed by atoms with van der Waals surface area (Å²) in [6.45, 7) is 2.42. The number of carboxylic acid groups (broad SMARTS) is 1. The summed E-state index contributed by atoms with van der Waals surface area (Å²) in [4.78, 5) is 10.5. The molecule has 0 aliphatic carbocycles. The van der Waals surface area contributed by atoms with Gasteiger partial charge in [-0.25, -0.2) is 0 Å². The second kappa shape index (κ2) is 6.24. The fraction of sp³-hybridized carbons (Fsp3) is 0.250. The van der Waals surface area contributed by atoms with Crippen molar-refractivity contribution in [2.45, 2.75) is 12.1 Å². The summed E-state index contributed by atoms with van der Waals surface area (Å²) >= 11 is 0.983. The minimum absolute atomic E-state index is 0.116. The van der Waals surface area contributed by atoms with Crippen LogP contribution in [0.1, 0.15) is 6.92 Å². The van der Waals surface area contributed by atoms with E-state index < -0.39 is 5.97 Å². The Morgan fingerprint density at radius 3 is 2.95 bits per heavy atom. The van der Waals surface area contributed by atoms with Crippen LogP contribution in [0.15, 0.2) is 33.9 Å². The molecule has 0 fully saturated rings. The van der Waals surface area contributed by atoms with Crippen LogP contribution in [-0.2, 0) is 4.79 Å². The van der Waals surface area contributed by atoms with Gasteiger partial charge in [-0.05, 0) is 19.1 Å². The maximum atomic E-state index is 10.5. The lowest BCUT2D eigenvalue weighted by atomic mass is 10.2. The molecule has 0 atom stereocenters. The van der Waals surface area contributed by atoms with Gasteiger partial charge >= 0.3 is 5.97 Å². The summed E-state index contributed by atoms with van der Waals surface area (Å²) in [5.74, 6) is -0.0748. The molecular weight excluding hydrogens is 268 g/mol. The first kappa shape index (κ1) is 13.4. The van der Waals surface area contributed by atoms with Gasteiger partial charge in [0.1, 0.15) is 11.5 Å². The molecule has 0 aliphatic rings. The van der Waals surface area contributed by atoms with E-state index in [1.165, 1.54) is 0 Å². The molecule has 0 radical (unpaired) electrons. The second-order valence-corrected chi connectivity index (χ2v) is 4.41. The largest absolute Gasteiger partial charge is 0.493 e. The number of thioether (sulfide) groups is 1. The monoisotopic (exact) mass is 280 g/mol. The fourth-order valence-electron chi connectivity index (χ4n) is 1.43. The number of aliphatic carboxylic acids is 1. The molecule has 0 bridgehead atoms. The van der Waals surface area contributed by atoms with Gasteiger partial charge in [0.15, 0.2) is 0 Å². The van der Waals surface area contributed by atoms with E-state index in [-0.39, 0.29) is 11.0 Å². The Kier molecular flexibility index (Phi) is 4.40. The Morgan fingerprint density at radius 1 is 1.42 bits per heavy atom. The molecule has 6 nitrogen and oxygen atoms in total. The molecule has 0 aliphatic heterocycles. The second-order valence-electron chi connectivity index (χ2n) is 3.48. The minimum atomic E-state index is -0.931. The number of nitrogens with zero attached hydrogens (tertiary/aromatic N) is 2. The molecule has 1 aromatic carbocycles. The van der Waals surface area contributed by atoms with Crippen molar-refractivity contribution in [2.24, 2.45) is 0 Å². The number of aromatic nitrogens is 2. The van der Waals surface area contributed by atoms with Crippen molar-refractivity contribution < 1.29 is 19.1 Å². The molecule has 0 unspecified atom stereocenters. The normalized spacial score (nSPS) is 10.4. The van der Waals surface area contributed by atoms with Crippen LogP contribution in [0.3, 0.4) is 0 Å². The van der Waals surface area contributed by atoms with Gasteiger partial charge < -0.3 is 14.3 Å². The van der Waals surface area contributed by atoms with E-state index in [2.05, 4.69) is 10.2 Å². The van der Waals surface area contributed by atoms with Gasteiger partial charge in [-0.15, -0.1) is 10.2 Å². The molecule has 0 saturated carbocycles. The van der Waals surface area contributed by atoms with Gasteiger partial charge in [-0.3, -0.25) is 4.79 Å². The van der Waals surface area contributed by atoms with Crippen LogP contribution in [0.5, 0.6) is 5.75 Å². The van der Waals surface area contributed by atoms with E-state index >= 15 is 0 Å². The van der Waals surface area contributed by atoms with Crippen molar-refractivity contribution in [3.63, 3.8) is 0 Å². The number of carbonyl (C=O) groups is 1. The van der Waals surface area contributed by atoms with E-state index in [0.29, 0.717) is 23.8 Å². The highest BCUT2D eigenvalue weighted by Crippen LogP contribution is 2.30. The topological polar surface area (TPSA) is 85.5 Å². The van der Waals surface area contributed by atoms with Crippen LogP contribution in [0.4, 0.5) is 0 Å². The van der Waals surface area contributed by atoms with E-state index in [9.17, 15) is 4.79 Å². The number of benzene rings is 1. The third-order valence-electron chi connectivity index (χ3n) is 2.14. The van der Waals surface area contributed by atoms with Crippen molar-refractivity contribution >= 4 is 17.7 Å². The smallest absolute Gasteiger partial charge is 0.314 e. The van der Waals surface area contributed by atoms with Crippen molar-refractivity contribution in [1.29, 1.82) is 0 Å². The third-order valence-corrected chi connectivity index (χ3v) is 2.95. The average molecular weight is 280 g/mol. The first-order valence-corrected chi connectivity index (χ1v) is 6.59. The zero-order valence-electron chi connectivity index (χ0n) is 10.2. The standard InChI is InChI=1S/C12H12N2O4S/c1-2-17-9-6-4-3-5-8(9)11-13-14-12(18-11)19-7-10(15)16/h3-6H,2,7H2,1H3,(H,15,16).